The molecule has 30 heavy (non-hydrogen) atoms. The van der Waals surface area contributed by atoms with Gasteiger partial charge < -0.3 is 24.6 Å². The largest absolute Gasteiger partial charge is 0.497 e. The third kappa shape index (κ3) is 4.38. The molecule has 0 radical (unpaired) electrons. The minimum Gasteiger partial charge on any atom is -0.497 e. The fraction of sp³-hybridized carbons (Fsp3) is 0.458. The van der Waals surface area contributed by atoms with Gasteiger partial charge in [0, 0.05) is 50.2 Å². The molecule has 1 spiro atoms. The van der Waals surface area contributed by atoms with E-state index in [1.54, 1.807) is 7.11 Å². The SMILES string of the molecule is COc1cccc(NC2COC3(CCN(C(=O)c4ccc(N(C)C)cc4)CC3)C2)c1. The van der Waals surface area contributed by atoms with Crippen LogP contribution >= 0.6 is 0 Å². The molecule has 0 aromatic heterocycles. The number of rotatable bonds is 5. The second-order valence-electron chi connectivity index (χ2n) is 8.50. The second-order valence-corrected chi connectivity index (χ2v) is 8.50. The number of nitrogens with one attached hydrogen (secondary N) is 1. The van der Waals surface area contributed by atoms with Crippen molar-refractivity contribution in [1.29, 1.82) is 0 Å². The van der Waals surface area contributed by atoms with Crippen LogP contribution in [-0.2, 0) is 4.74 Å². The Hall–Kier alpha value is -2.73. The number of carbonyl (C=O) groups is 1. The summed E-state index contributed by atoms with van der Waals surface area (Å²) in [5, 5.41) is 3.57. The summed E-state index contributed by atoms with van der Waals surface area (Å²) in [6.45, 7) is 2.16. The van der Waals surface area contributed by atoms with E-state index in [9.17, 15) is 4.79 Å². The van der Waals surface area contributed by atoms with E-state index in [4.69, 9.17) is 9.47 Å². The molecule has 0 bridgehead atoms. The summed E-state index contributed by atoms with van der Waals surface area (Å²) in [6, 6.07) is 16.1. The Morgan fingerprint density at radius 3 is 2.57 bits per heavy atom. The zero-order valence-electron chi connectivity index (χ0n) is 18.1. The Labute approximate surface area is 178 Å². The summed E-state index contributed by atoms with van der Waals surface area (Å²) in [6.07, 6.45) is 2.72. The van der Waals surface area contributed by atoms with Gasteiger partial charge in [0.05, 0.1) is 25.4 Å². The summed E-state index contributed by atoms with van der Waals surface area (Å²) in [5.41, 5.74) is 2.77. The lowest BCUT2D eigenvalue weighted by Gasteiger charge is -2.38. The van der Waals surface area contributed by atoms with Gasteiger partial charge in [0.1, 0.15) is 5.75 Å². The predicted molar refractivity (Wildman–Crippen MR) is 120 cm³/mol. The average molecular weight is 410 g/mol. The Morgan fingerprint density at radius 2 is 1.90 bits per heavy atom. The number of likely N-dealkylation sites (tertiary alicyclic amines) is 1. The highest BCUT2D eigenvalue weighted by Gasteiger charge is 2.43. The van der Waals surface area contributed by atoms with Crippen LogP contribution in [0.25, 0.3) is 0 Å². The molecule has 160 valence electrons. The molecule has 0 saturated carbocycles. The number of hydrogen-bond donors (Lipinski definition) is 1. The normalized spacial score (nSPS) is 20.2. The first-order valence-corrected chi connectivity index (χ1v) is 10.6. The molecule has 6 nitrogen and oxygen atoms in total. The zero-order valence-corrected chi connectivity index (χ0v) is 18.1. The fourth-order valence-corrected chi connectivity index (χ4v) is 4.44. The molecule has 2 aliphatic rings. The molecule has 2 heterocycles. The second kappa shape index (κ2) is 8.56. The van der Waals surface area contributed by atoms with Gasteiger partial charge in [-0.1, -0.05) is 6.07 Å². The molecular weight excluding hydrogens is 378 g/mol. The predicted octanol–water partition coefficient (Wildman–Crippen LogP) is 3.64. The number of hydrogen-bond acceptors (Lipinski definition) is 5. The van der Waals surface area contributed by atoms with Crippen LogP contribution in [0.5, 0.6) is 5.75 Å². The third-order valence-electron chi connectivity index (χ3n) is 6.24. The number of methoxy groups -OCH3 is 1. The minimum atomic E-state index is -0.123. The molecule has 1 amide bonds. The Kier molecular flexibility index (Phi) is 5.86. The number of ether oxygens (including phenoxy) is 2. The molecular formula is C24H31N3O3. The molecule has 6 heteroatoms. The summed E-state index contributed by atoms with van der Waals surface area (Å²) >= 11 is 0. The summed E-state index contributed by atoms with van der Waals surface area (Å²) < 4.78 is 11.6. The van der Waals surface area contributed by atoms with E-state index in [0.29, 0.717) is 6.61 Å². The zero-order chi connectivity index (χ0) is 21.1. The third-order valence-corrected chi connectivity index (χ3v) is 6.24. The van der Waals surface area contributed by atoms with Gasteiger partial charge in [-0.05, 0) is 55.7 Å². The fourth-order valence-electron chi connectivity index (χ4n) is 4.44. The molecule has 1 atom stereocenters. The molecule has 1 unspecified atom stereocenters. The van der Waals surface area contributed by atoms with Gasteiger partial charge in [0.25, 0.3) is 5.91 Å². The van der Waals surface area contributed by atoms with Gasteiger partial charge in [-0.3, -0.25) is 4.79 Å². The number of benzene rings is 2. The maximum Gasteiger partial charge on any atom is 0.253 e. The highest BCUT2D eigenvalue weighted by atomic mass is 16.5. The Balaban J connectivity index is 1.32. The lowest BCUT2D eigenvalue weighted by molar-refractivity contribution is -0.0388. The quantitative estimate of drug-likeness (QED) is 0.817. The number of piperidine rings is 1. The van der Waals surface area contributed by atoms with Gasteiger partial charge in [0.2, 0.25) is 0 Å². The van der Waals surface area contributed by atoms with Crippen molar-refractivity contribution < 1.29 is 14.3 Å². The smallest absolute Gasteiger partial charge is 0.253 e. The monoisotopic (exact) mass is 409 g/mol. The Bertz CT molecular complexity index is 874. The van der Waals surface area contributed by atoms with Crippen LogP contribution in [0.2, 0.25) is 0 Å². The Morgan fingerprint density at radius 1 is 1.17 bits per heavy atom. The maximum absolute atomic E-state index is 12.9. The van der Waals surface area contributed by atoms with Crippen molar-refractivity contribution in [3.8, 4) is 5.75 Å². The number of nitrogens with zero attached hydrogens (tertiary/aromatic N) is 2. The molecule has 2 aromatic carbocycles. The van der Waals surface area contributed by atoms with Crippen molar-refractivity contribution in [3.63, 3.8) is 0 Å². The van der Waals surface area contributed by atoms with Crippen LogP contribution in [0.1, 0.15) is 29.6 Å². The summed E-state index contributed by atoms with van der Waals surface area (Å²) in [4.78, 5) is 16.9. The number of amides is 1. The van der Waals surface area contributed by atoms with Crippen LogP contribution in [0.4, 0.5) is 11.4 Å². The van der Waals surface area contributed by atoms with E-state index in [2.05, 4.69) is 11.4 Å². The molecule has 2 fully saturated rings. The van der Waals surface area contributed by atoms with E-state index in [1.807, 2.05) is 66.4 Å². The topological polar surface area (TPSA) is 54.0 Å². The van der Waals surface area contributed by atoms with Gasteiger partial charge in [-0.15, -0.1) is 0 Å². The molecule has 2 aliphatic heterocycles. The average Bonchev–Trinajstić information content (AvgIpc) is 3.15. The lowest BCUT2D eigenvalue weighted by Crippen LogP contribution is -2.46. The van der Waals surface area contributed by atoms with E-state index in [0.717, 1.165) is 55.0 Å². The maximum atomic E-state index is 12.9. The summed E-state index contributed by atoms with van der Waals surface area (Å²) in [5.74, 6) is 0.957. The molecule has 2 aromatic rings. The van der Waals surface area contributed by atoms with Crippen molar-refractivity contribution in [2.24, 2.45) is 0 Å². The standard InChI is InChI=1S/C24H31N3O3/c1-26(2)21-9-7-18(8-10-21)23(28)27-13-11-24(12-14-27)16-20(17-30-24)25-19-5-4-6-22(15-19)29-3/h4-10,15,20,25H,11-14,16-17H2,1-3H3. The van der Waals surface area contributed by atoms with Gasteiger partial charge in [-0.2, -0.15) is 0 Å². The molecule has 2 saturated heterocycles. The van der Waals surface area contributed by atoms with Crippen molar-refractivity contribution in [2.45, 2.75) is 30.9 Å². The highest BCUT2D eigenvalue weighted by molar-refractivity contribution is 5.94. The van der Waals surface area contributed by atoms with Crippen LogP contribution in [0.15, 0.2) is 48.5 Å². The van der Waals surface area contributed by atoms with E-state index in [1.165, 1.54) is 0 Å². The van der Waals surface area contributed by atoms with Crippen molar-refractivity contribution >= 4 is 17.3 Å². The van der Waals surface area contributed by atoms with Crippen LogP contribution in [0.3, 0.4) is 0 Å². The van der Waals surface area contributed by atoms with E-state index in [-0.39, 0.29) is 17.6 Å². The molecule has 0 aliphatic carbocycles. The van der Waals surface area contributed by atoms with Gasteiger partial charge in [0.15, 0.2) is 0 Å². The van der Waals surface area contributed by atoms with Crippen molar-refractivity contribution in [3.05, 3.63) is 54.1 Å². The lowest BCUT2D eigenvalue weighted by atomic mass is 9.87. The molecule has 1 N–H and O–H groups in total. The van der Waals surface area contributed by atoms with Gasteiger partial charge >= 0.3 is 0 Å². The highest BCUT2D eigenvalue weighted by Crippen LogP contribution is 2.37. The molecule has 4 rings (SSSR count). The van der Waals surface area contributed by atoms with Crippen molar-refractivity contribution in [2.75, 3.05) is 51.1 Å². The van der Waals surface area contributed by atoms with Crippen molar-refractivity contribution in [1.82, 2.24) is 4.90 Å². The number of anilines is 2. The first-order chi connectivity index (χ1) is 14.5. The van der Waals surface area contributed by atoms with Crippen LogP contribution < -0.4 is 15.0 Å². The first-order valence-electron chi connectivity index (χ1n) is 10.6. The summed E-state index contributed by atoms with van der Waals surface area (Å²) in [7, 11) is 5.68. The first kappa shape index (κ1) is 20.5. The van der Waals surface area contributed by atoms with E-state index >= 15 is 0 Å². The number of carbonyl (C=O) groups excluding carboxylic acids is 1. The minimum absolute atomic E-state index is 0.110. The van der Waals surface area contributed by atoms with Gasteiger partial charge in [-0.25, -0.2) is 0 Å². The van der Waals surface area contributed by atoms with E-state index < -0.39 is 0 Å². The van der Waals surface area contributed by atoms with Crippen LogP contribution in [0, 0.1) is 0 Å². The van der Waals surface area contributed by atoms with Crippen LogP contribution in [-0.4, -0.2) is 63.4 Å².